The van der Waals surface area contributed by atoms with E-state index in [1.54, 1.807) is 4.31 Å². The van der Waals surface area contributed by atoms with E-state index < -0.39 is 15.6 Å². The van der Waals surface area contributed by atoms with Crippen LogP contribution in [-0.2, 0) is 10.0 Å². The van der Waals surface area contributed by atoms with Crippen molar-refractivity contribution in [1.29, 1.82) is 0 Å². The van der Waals surface area contributed by atoms with Crippen LogP contribution in [0.2, 0.25) is 0 Å². The standard InChI is InChI=1S/C9H20N2O2S/c1-8(2)9(3,7-10)11-5-4-6-14(11,12)13/h8H,4-7,10H2,1-3H3. The fraction of sp³-hybridized carbons (Fsp3) is 1.00. The van der Waals surface area contributed by atoms with Gasteiger partial charge in [-0.1, -0.05) is 13.8 Å². The monoisotopic (exact) mass is 220 g/mol. The van der Waals surface area contributed by atoms with Crippen LogP contribution in [0.15, 0.2) is 0 Å². The fourth-order valence-electron chi connectivity index (χ4n) is 1.84. The van der Waals surface area contributed by atoms with Gasteiger partial charge in [0.1, 0.15) is 0 Å². The van der Waals surface area contributed by atoms with Crippen LogP contribution in [0.3, 0.4) is 0 Å². The lowest BCUT2D eigenvalue weighted by atomic mass is 9.88. The largest absolute Gasteiger partial charge is 0.329 e. The van der Waals surface area contributed by atoms with Crippen molar-refractivity contribution in [1.82, 2.24) is 4.31 Å². The molecule has 1 aliphatic rings. The first-order valence-corrected chi connectivity index (χ1v) is 6.66. The molecule has 1 fully saturated rings. The molecule has 0 aromatic rings. The van der Waals surface area contributed by atoms with Crippen molar-refractivity contribution in [2.24, 2.45) is 11.7 Å². The first-order valence-electron chi connectivity index (χ1n) is 5.05. The van der Waals surface area contributed by atoms with Gasteiger partial charge >= 0.3 is 0 Å². The second-order valence-electron chi connectivity index (χ2n) is 4.46. The molecule has 1 aliphatic heterocycles. The lowest BCUT2D eigenvalue weighted by Crippen LogP contribution is -2.55. The Balaban J connectivity index is 3.02. The van der Waals surface area contributed by atoms with Gasteiger partial charge in [-0.3, -0.25) is 0 Å². The highest BCUT2D eigenvalue weighted by atomic mass is 32.2. The zero-order chi connectivity index (χ0) is 11.0. The molecule has 0 aromatic heterocycles. The highest BCUT2D eigenvalue weighted by Crippen LogP contribution is 2.30. The van der Waals surface area contributed by atoms with E-state index in [1.807, 2.05) is 20.8 Å². The van der Waals surface area contributed by atoms with E-state index in [2.05, 4.69) is 0 Å². The minimum atomic E-state index is -3.05. The molecule has 0 amide bonds. The normalized spacial score (nSPS) is 26.6. The molecule has 1 saturated heterocycles. The Morgan fingerprint density at radius 1 is 1.50 bits per heavy atom. The summed E-state index contributed by atoms with van der Waals surface area (Å²) in [5, 5.41) is 0. The third-order valence-electron chi connectivity index (χ3n) is 3.33. The smallest absolute Gasteiger partial charge is 0.214 e. The summed E-state index contributed by atoms with van der Waals surface area (Å²) in [4.78, 5) is 0. The van der Waals surface area contributed by atoms with Crippen LogP contribution in [0.25, 0.3) is 0 Å². The zero-order valence-corrected chi connectivity index (χ0v) is 9.97. The zero-order valence-electron chi connectivity index (χ0n) is 9.16. The molecule has 84 valence electrons. The van der Waals surface area contributed by atoms with Crippen LogP contribution in [0.5, 0.6) is 0 Å². The van der Waals surface area contributed by atoms with E-state index in [9.17, 15) is 8.42 Å². The molecule has 1 atom stereocenters. The molecule has 4 nitrogen and oxygen atoms in total. The van der Waals surface area contributed by atoms with E-state index in [4.69, 9.17) is 5.73 Å². The molecule has 0 saturated carbocycles. The van der Waals surface area contributed by atoms with E-state index in [0.717, 1.165) is 6.42 Å². The number of rotatable bonds is 3. The van der Waals surface area contributed by atoms with Crippen LogP contribution >= 0.6 is 0 Å². The minimum Gasteiger partial charge on any atom is -0.329 e. The highest BCUT2D eigenvalue weighted by Gasteiger charge is 2.43. The van der Waals surface area contributed by atoms with Crippen LogP contribution in [0, 0.1) is 5.92 Å². The van der Waals surface area contributed by atoms with Crippen LogP contribution in [0.4, 0.5) is 0 Å². The first-order chi connectivity index (χ1) is 6.34. The van der Waals surface area contributed by atoms with Crippen molar-refractivity contribution >= 4 is 10.0 Å². The van der Waals surface area contributed by atoms with Gasteiger partial charge in [-0.25, -0.2) is 8.42 Å². The summed E-state index contributed by atoms with van der Waals surface area (Å²) < 4.78 is 25.1. The van der Waals surface area contributed by atoms with Gasteiger partial charge in [0.25, 0.3) is 0 Å². The maximum Gasteiger partial charge on any atom is 0.214 e. The third kappa shape index (κ3) is 1.81. The Bertz CT molecular complexity index is 300. The first kappa shape index (κ1) is 11.9. The molecule has 1 heterocycles. The summed E-state index contributed by atoms with van der Waals surface area (Å²) in [6.45, 7) is 6.96. The Hall–Kier alpha value is -0.130. The van der Waals surface area contributed by atoms with Gasteiger partial charge in [-0.15, -0.1) is 0 Å². The number of sulfonamides is 1. The Labute approximate surface area is 86.5 Å². The summed E-state index contributed by atoms with van der Waals surface area (Å²) in [6.07, 6.45) is 0.727. The molecule has 14 heavy (non-hydrogen) atoms. The summed E-state index contributed by atoms with van der Waals surface area (Å²) in [5.41, 5.74) is 5.28. The van der Waals surface area contributed by atoms with Gasteiger partial charge in [0.05, 0.1) is 5.75 Å². The molecule has 1 rings (SSSR count). The van der Waals surface area contributed by atoms with Crippen molar-refractivity contribution in [3.8, 4) is 0 Å². The number of hydrogen-bond acceptors (Lipinski definition) is 3. The Morgan fingerprint density at radius 2 is 2.07 bits per heavy atom. The molecular formula is C9H20N2O2S. The molecule has 0 spiro atoms. The van der Waals surface area contributed by atoms with Crippen molar-refractivity contribution in [2.45, 2.75) is 32.7 Å². The lowest BCUT2D eigenvalue weighted by Gasteiger charge is -2.40. The van der Waals surface area contributed by atoms with Gasteiger partial charge in [-0.05, 0) is 19.3 Å². The average molecular weight is 220 g/mol. The summed E-state index contributed by atoms with van der Waals surface area (Å²) in [5.74, 6) is 0.510. The fourth-order valence-corrected chi connectivity index (χ4v) is 3.88. The second-order valence-corrected chi connectivity index (χ2v) is 6.47. The predicted molar refractivity (Wildman–Crippen MR) is 57.4 cm³/mol. The number of hydrogen-bond donors (Lipinski definition) is 1. The predicted octanol–water partition coefficient (Wildman–Crippen LogP) is 0.395. The van der Waals surface area contributed by atoms with Crippen molar-refractivity contribution in [3.05, 3.63) is 0 Å². The van der Waals surface area contributed by atoms with Crippen molar-refractivity contribution in [2.75, 3.05) is 18.8 Å². The van der Waals surface area contributed by atoms with Gasteiger partial charge < -0.3 is 5.73 Å². The van der Waals surface area contributed by atoms with Gasteiger partial charge in [-0.2, -0.15) is 4.31 Å². The Morgan fingerprint density at radius 3 is 2.36 bits per heavy atom. The molecule has 5 heteroatoms. The quantitative estimate of drug-likeness (QED) is 0.748. The van der Waals surface area contributed by atoms with Gasteiger partial charge in [0.2, 0.25) is 10.0 Å². The van der Waals surface area contributed by atoms with E-state index in [1.165, 1.54) is 0 Å². The molecule has 0 radical (unpaired) electrons. The van der Waals surface area contributed by atoms with Crippen LogP contribution < -0.4 is 5.73 Å². The van der Waals surface area contributed by atoms with Crippen LogP contribution in [-0.4, -0.2) is 37.1 Å². The summed E-state index contributed by atoms with van der Waals surface area (Å²) in [7, 11) is -3.05. The molecule has 0 aliphatic carbocycles. The third-order valence-corrected chi connectivity index (χ3v) is 5.40. The molecule has 2 N–H and O–H groups in total. The summed E-state index contributed by atoms with van der Waals surface area (Å²) >= 11 is 0. The number of nitrogens with two attached hydrogens (primary N) is 1. The molecule has 0 aromatic carbocycles. The lowest BCUT2D eigenvalue weighted by molar-refractivity contribution is 0.163. The second kappa shape index (κ2) is 3.79. The van der Waals surface area contributed by atoms with E-state index in [0.29, 0.717) is 13.1 Å². The Kier molecular flexibility index (Phi) is 3.23. The maximum atomic E-state index is 11.7. The average Bonchev–Trinajstić information content (AvgIpc) is 2.44. The molecule has 1 unspecified atom stereocenters. The van der Waals surface area contributed by atoms with E-state index in [-0.39, 0.29) is 11.7 Å². The molecule has 0 bridgehead atoms. The maximum absolute atomic E-state index is 11.7. The molecular weight excluding hydrogens is 200 g/mol. The van der Waals surface area contributed by atoms with E-state index >= 15 is 0 Å². The SMILES string of the molecule is CC(C)C(C)(CN)N1CCCS1(=O)=O. The van der Waals surface area contributed by atoms with Crippen LogP contribution in [0.1, 0.15) is 27.2 Å². The summed E-state index contributed by atoms with van der Waals surface area (Å²) in [6, 6.07) is 0. The topological polar surface area (TPSA) is 63.4 Å². The highest BCUT2D eigenvalue weighted by molar-refractivity contribution is 7.89. The van der Waals surface area contributed by atoms with Gasteiger partial charge in [0, 0.05) is 18.6 Å². The van der Waals surface area contributed by atoms with Gasteiger partial charge in [0.15, 0.2) is 0 Å². The van der Waals surface area contributed by atoms with Crippen molar-refractivity contribution in [3.63, 3.8) is 0 Å². The minimum absolute atomic E-state index is 0.236. The number of nitrogens with zero attached hydrogens (tertiary/aromatic N) is 1. The van der Waals surface area contributed by atoms with Crippen molar-refractivity contribution < 1.29 is 8.42 Å².